The highest BCUT2D eigenvalue weighted by molar-refractivity contribution is 5.75. The second-order valence-electron chi connectivity index (χ2n) is 5.71. The summed E-state index contributed by atoms with van der Waals surface area (Å²) in [6.07, 6.45) is 2.40. The van der Waals surface area contributed by atoms with E-state index >= 15 is 0 Å². The molecule has 1 aromatic carbocycles. The molecule has 2 atom stereocenters. The summed E-state index contributed by atoms with van der Waals surface area (Å²) in [5, 5.41) is 3.59. The van der Waals surface area contributed by atoms with E-state index < -0.39 is 0 Å². The Bertz CT molecular complexity index is 572. The zero-order chi connectivity index (χ0) is 13.9. The predicted octanol–water partition coefficient (Wildman–Crippen LogP) is 2.65. The Labute approximate surface area is 120 Å². The third kappa shape index (κ3) is 2.72. The molecule has 3 rings (SSSR count). The molecular formula is C16H23N3O. The fraction of sp³-hybridized carbons (Fsp3) is 0.562. The number of fused-ring (bicyclic) bond motifs is 1. The van der Waals surface area contributed by atoms with Crippen molar-refractivity contribution >= 4 is 11.0 Å². The number of nitrogens with one attached hydrogen (secondary N) is 1. The summed E-state index contributed by atoms with van der Waals surface area (Å²) >= 11 is 0. The molecule has 0 spiro atoms. The quantitative estimate of drug-likeness (QED) is 0.910. The Balaban J connectivity index is 1.62. The van der Waals surface area contributed by atoms with Gasteiger partial charge in [0, 0.05) is 20.3 Å². The number of para-hydroxylation sites is 2. The lowest BCUT2D eigenvalue weighted by molar-refractivity contribution is 0.184. The fourth-order valence-electron chi connectivity index (χ4n) is 2.96. The molecular weight excluding hydrogens is 250 g/mol. The van der Waals surface area contributed by atoms with Crippen LogP contribution in [-0.4, -0.2) is 29.3 Å². The maximum atomic E-state index is 5.41. The van der Waals surface area contributed by atoms with Crippen LogP contribution in [0.5, 0.6) is 0 Å². The first-order valence-electron chi connectivity index (χ1n) is 7.48. The van der Waals surface area contributed by atoms with Crippen molar-refractivity contribution < 1.29 is 4.74 Å². The van der Waals surface area contributed by atoms with Crippen LogP contribution in [-0.2, 0) is 11.8 Å². The van der Waals surface area contributed by atoms with Crippen LogP contribution in [0.3, 0.4) is 0 Å². The lowest BCUT2D eigenvalue weighted by Gasteiger charge is -2.15. The first kappa shape index (κ1) is 13.6. The average Bonchev–Trinajstić information content (AvgIpc) is 3.08. The molecule has 2 aromatic rings. The Hall–Kier alpha value is -1.39. The van der Waals surface area contributed by atoms with Gasteiger partial charge in [-0.25, -0.2) is 4.98 Å². The molecule has 1 saturated heterocycles. The highest BCUT2D eigenvalue weighted by atomic mass is 16.5. The smallest absolute Gasteiger partial charge is 0.126 e. The number of imidazole rings is 1. The molecule has 1 aliphatic rings. The average molecular weight is 273 g/mol. The van der Waals surface area contributed by atoms with E-state index in [-0.39, 0.29) is 6.04 Å². The van der Waals surface area contributed by atoms with E-state index in [1.807, 2.05) is 6.07 Å². The monoisotopic (exact) mass is 273 g/mol. The molecule has 4 nitrogen and oxygen atoms in total. The normalized spacial score (nSPS) is 20.6. The number of ether oxygens (including phenoxy) is 1. The van der Waals surface area contributed by atoms with E-state index in [9.17, 15) is 0 Å². The number of benzene rings is 1. The van der Waals surface area contributed by atoms with Gasteiger partial charge >= 0.3 is 0 Å². The summed E-state index contributed by atoms with van der Waals surface area (Å²) in [5.74, 6) is 1.84. The summed E-state index contributed by atoms with van der Waals surface area (Å²) in [6.45, 7) is 5.08. The number of aryl methyl sites for hydroxylation is 1. The molecule has 1 fully saturated rings. The van der Waals surface area contributed by atoms with Crippen LogP contribution in [0.1, 0.15) is 31.6 Å². The van der Waals surface area contributed by atoms with Crippen LogP contribution in [0.25, 0.3) is 11.0 Å². The third-order valence-corrected chi connectivity index (χ3v) is 4.24. The van der Waals surface area contributed by atoms with Crippen molar-refractivity contribution in [1.82, 2.24) is 14.9 Å². The van der Waals surface area contributed by atoms with Crippen molar-refractivity contribution in [1.29, 1.82) is 0 Å². The molecule has 108 valence electrons. The van der Waals surface area contributed by atoms with Crippen LogP contribution in [0.15, 0.2) is 24.3 Å². The molecule has 4 heteroatoms. The molecule has 1 N–H and O–H groups in total. The Morgan fingerprint density at radius 3 is 3.05 bits per heavy atom. The zero-order valence-corrected chi connectivity index (χ0v) is 12.3. The summed E-state index contributed by atoms with van der Waals surface area (Å²) < 4.78 is 7.60. The molecule has 2 unspecified atom stereocenters. The van der Waals surface area contributed by atoms with Gasteiger partial charge in [0.15, 0.2) is 0 Å². The van der Waals surface area contributed by atoms with Gasteiger partial charge in [-0.3, -0.25) is 0 Å². The number of aromatic nitrogens is 2. The number of hydrogen-bond donors (Lipinski definition) is 1. The summed E-state index contributed by atoms with van der Waals surface area (Å²) in [7, 11) is 2.09. The van der Waals surface area contributed by atoms with Crippen LogP contribution in [0.2, 0.25) is 0 Å². The van der Waals surface area contributed by atoms with Gasteiger partial charge in [0.2, 0.25) is 0 Å². The standard InChI is InChI=1S/C16H23N3O/c1-12(17-9-7-13-8-10-20-11-13)16-18-14-5-3-4-6-15(14)19(16)2/h3-6,12-13,17H,7-11H2,1-2H3. The topological polar surface area (TPSA) is 39.1 Å². The molecule has 0 bridgehead atoms. The minimum Gasteiger partial charge on any atom is -0.381 e. The van der Waals surface area contributed by atoms with Gasteiger partial charge in [-0.1, -0.05) is 12.1 Å². The van der Waals surface area contributed by atoms with E-state index in [1.165, 1.54) is 18.4 Å². The van der Waals surface area contributed by atoms with Crippen molar-refractivity contribution in [3.05, 3.63) is 30.1 Å². The van der Waals surface area contributed by atoms with Crippen molar-refractivity contribution in [3.63, 3.8) is 0 Å². The maximum Gasteiger partial charge on any atom is 0.126 e. The van der Waals surface area contributed by atoms with E-state index in [0.29, 0.717) is 0 Å². The minimum atomic E-state index is 0.273. The second-order valence-corrected chi connectivity index (χ2v) is 5.71. The van der Waals surface area contributed by atoms with E-state index in [4.69, 9.17) is 9.72 Å². The largest absolute Gasteiger partial charge is 0.381 e. The summed E-state index contributed by atoms with van der Waals surface area (Å²) in [5.41, 5.74) is 2.27. The van der Waals surface area contributed by atoms with E-state index in [0.717, 1.165) is 37.0 Å². The van der Waals surface area contributed by atoms with Crippen LogP contribution in [0, 0.1) is 5.92 Å². The molecule has 0 amide bonds. The first-order chi connectivity index (χ1) is 9.75. The van der Waals surface area contributed by atoms with Crippen LogP contribution >= 0.6 is 0 Å². The minimum absolute atomic E-state index is 0.273. The molecule has 1 aromatic heterocycles. The lowest BCUT2D eigenvalue weighted by atomic mass is 10.1. The van der Waals surface area contributed by atoms with Gasteiger partial charge in [0.1, 0.15) is 5.82 Å². The highest BCUT2D eigenvalue weighted by Crippen LogP contribution is 2.20. The SMILES string of the molecule is CC(NCCC1CCOC1)c1nc2ccccc2n1C. The highest BCUT2D eigenvalue weighted by Gasteiger charge is 2.17. The Kier molecular flexibility index (Phi) is 4.03. The number of hydrogen-bond acceptors (Lipinski definition) is 3. The first-order valence-corrected chi connectivity index (χ1v) is 7.48. The molecule has 0 aliphatic carbocycles. The Morgan fingerprint density at radius 2 is 2.30 bits per heavy atom. The van der Waals surface area contributed by atoms with Crippen molar-refractivity contribution in [3.8, 4) is 0 Å². The number of rotatable bonds is 5. The molecule has 0 saturated carbocycles. The van der Waals surface area contributed by atoms with Gasteiger partial charge in [-0.05, 0) is 44.4 Å². The molecule has 20 heavy (non-hydrogen) atoms. The lowest BCUT2D eigenvalue weighted by Crippen LogP contribution is -2.24. The van der Waals surface area contributed by atoms with Gasteiger partial charge < -0.3 is 14.6 Å². The van der Waals surface area contributed by atoms with Crippen LogP contribution < -0.4 is 5.32 Å². The van der Waals surface area contributed by atoms with Crippen molar-refractivity contribution in [2.45, 2.75) is 25.8 Å². The van der Waals surface area contributed by atoms with Gasteiger partial charge in [0.05, 0.1) is 17.1 Å². The molecule has 0 radical (unpaired) electrons. The van der Waals surface area contributed by atoms with Gasteiger partial charge in [-0.2, -0.15) is 0 Å². The van der Waals surface area contributed by atoms with Crippen molar-refractivity contribution in [2.75, 3.05) is 19.8 Å². The Morgan fingerprint density at radius 1 is 1.45 bits per heavy atom. The zero-order valence-electron chi connectivity index (χ0n) is 12.3. The van der Waals surface area contributed by atoms with Gasteiger partial charge in [0.25, 0.3) is 0 Å². The third-order valence-electron chi connectivity index (χ3n) is 4.24. The van der Waals surface area contributed by atoms with Gasteiger partial charge in [-0.15, -0.1) is 0 Å². The maximum absolute atomic E-state index is 5.41. The van der Waals surface area contributed by atoms with Crippen LogP contribution in [0.4, 0.5) is 0 Å². The predicted molar refractivity (Wildman–Crippen MR) is 80.7 cm³/mol. The van der Waals surface area contributed by atoms with Crippen molar-refractivity contribution in [2.24, 2.45) is 13.0 Å². The fourth-order valence-corrected chi connectivity index (χ4v) is 2.96. The van der Waals surface area contributed by atoms with E-state index in [2.05, 4.69) is 42.1 Å². The molecule has 1 aliphatic heterocycles. The van der Waals surface area contributed by atoms with E-state index in [1.54, 1.807) is 0 Å². The molecule has 2 heterocycles. The number of nitrogens with zero attached hydrogens (tertiary/aromatic N) is 2. The summed E-state index contributed by atoms with van der Waals surface area (Å²) in [6, 6.07) is 8.56. The second kappa shape index (κ2) is 5.94. The summed E-state index contributed by atoms with van der Waals surface area (Å²) in [4.78, 5) is 4.74.